The monoisotopic (exact) mass is 347 g/mol. The lowest BCUT2D eigenvalue weighted by Gasteiger charge is -2.33. The zero-order valence-corrected chi connectivity index (χ0v) is 14.7. The summed E-state index contributed by atoms with van der Waals surface area (Å²) in [6.45, 7) is 5.60. The standard InChI is InChI=1S/C16H25N7O2/c1-3-11(2)13(10-24)17-16(25)12-6-8-22(9-7-12)15-5-4-14-18-20-21-23(14)19-15/h4-5,11-13,24H,3,6-10H2,1-2H3,(H,17,25). The van der Waals surface area contributed by atoms with E-state index in [9.17, 15) is 9.90 Å². The molecule has 0 saturated carbocycles. The summed E-state index contributed by atoms with van der Waals surface area (Å²) >= 11 is 0. The fourth-order valence-electron chi connectivity index (χ4n) is 3.13. The SMILES string of the molecule is CCC(C)C(CO)NC(=O)C1CCN(c2ccc3nnnn3n2)CC1. The van der Waals surface area contributed by atoms with E-state index in [1.807, 2.05) is 19.1 Å². The van der Waals surface area contributed by atoms with Crippen molar-refractivity contribution in [1.29, 1.82) is 0 Å². The predicted molar refractivity (Wildman–Crippen MR) is 92.0 cm³/mol. The number of tetrazole rings is 1. The molecule has 1 saturated heterocycles. The van der Waals surface area contributed by atoms with Crippen LogP contribution in [0.5, 0.6) is 0 Å². The van der Waals surface area contributed by atoms with Gasteiger partial charge in [0.2, 0.25) is 5.91 Å². The molecule has 9 heteroatoms. The fraction of sp³-hybridized carbons (Fsp3) is 0.688. The van der Waals surface area contributed by atoms with E-state index in [1.165, 1.54) is 4.63 Å². The Bertz CT molecular complexity index is 711. The quantitative estimate of drug-likeness (QED) is 0.771. The van der Waals surface area contributed by atoms with Crippen molar-refractivity contribution in [3.63, 3.8) is 0 Å². The molecule has 1 fully saturated rings. The molecule has 3 heterocycles. The molecule has 0 spiro atoms. The molecule has 0 aliphatic carbocycles. The number of aliphatic hydroxyl groups is 1. The zero-order chi connectivity index (χ0) is 17.8. The number of fused-ring (bicyclic) bond motifs is 1. The lowest BCUT2D eigenvalue weighted by Crippen LogP contribution is -2.47. The Kier molecular flexibility index (Phi) is 5.42. The molecule has 2 atom stereocenters. The van der Waals surface area contributed by atoms with Gasteiger partial charge in [0.25, 0.3) is 0 Å². The van der Waals surface area contributed by atoms with Crippen LogP contribution in [-0.2, 0) is 4.79 Å². The van der Waals surface area contributed by atoms with Gasteiger partial charge in [-0.3, -0.25) is 4.79 Å². The first-order valence-electron chi connectivity index (χ1n) is 8.84. The topological polar surface area (TPSA) is 109 Å². The number of rotatable bonds is 6. The third-order valence-corrected chi connectivity index (χ3v) is 5.10. The zero-order valence-electron chi connectivity index (χ0n) is 14.7. The average molecular weight is 347 g/mol. The highest BCUT2D eigenvalue weighted by molar-refractivity contribution is 5.79. The van der Waals surface area contributed by atoms with Crippen LogP contribution in [0.3, 0.4) is 0 Å². The number of piperidine rings is 1. The number of nitrogens with zero attached hydrogens (tertiary/aromatic N) is 6. The Morgan fingerprint density at radius 3 is 2.84 bits per heavy atom. The molecule has 1 amide bonds. The van der Waals surface area contributed by atoms with Crippen LogP contribution in [0.2, 0.25) is 0 Å². The maximum absolute atomic E-state index is 12.5. The minimum atomic E-state index is -0.167. The van der Waals surface area contributed by atoms with Gasteiger partial charge < -0.3 is 15.3 Å². The second-order valence-corrected chi connectivity index (χ2v) is 6.66. The molecule has 2 unspecified atom stereocenters. The maximum atomic E-state index is 12.5. The molecule has 9 nitrogen and oxygen atoms in total. The van der Waals surface area contributed by atoms with Crippen LogP contribution in [-0.4, -0.2) is 62.0 Å². The summed E-state index contributed by atoms with van der Waals surface area (Å²) in [4.78, 5) is 14.6. The molecule has 136 valence electrons. The van der Waals surface area contributed by atoms with Crippen molar-refractivity contribution in [2.24, 2.45) is 11.8 Å². The summed E-state index contributed by atoms with van der Waals surface area (Å²) in [5.74, 6) is 1.10. The smallest absolute Gasteiger partial charge is 0.223 e. The summed E-state index contributed by atoms with van der Waals surface area (Å²) in [6, 6.07) is 3.56. The number of aromatic nitrogens is 5. The second kappa shape index (κ2) is 7.73. The Labute approximate surface area is 146 Å². The molecule has 3 rings (SSSR count). The number of anilines is 1. The Morgan fingerprint density at radius 1 is 1.40 bits per heavy atom. The predicted octanol–water partition coefficient (Wildman–Crippen LogP) is 0.259. The third-order valence-electron chi connectivity index (χ3n) is 5.10. The molecule has 1 aliphatic rings. The van der Waals surface area contributed by atoms with Gasteiger partial charge in [0.15, 0.2) is 11.5 Å². The first-order chi connectivity index (χ1) is 12.1. The Morgan fingerprint density at radius 2 is 2.16 bits per heavy atom. The first-order valence-corrected chi connectivity index (χ1v) is 8.84. The van der Waals surface area contributed by atoms with Gasteiger partial charge >= 0.3 is 0 Å². The van der Waals surface area contributed by atoms with Crippen LogP contribution in [0.15, 0.2) is 12.1 Å². The summed E-state index contributed by atoms with van der Waals surface area (Å²) in [6.07, 6.45) is 2.45. The number of hydrogen-bond donors (Lipinski definition) is 2. The lowest BCUT2D eigenvalue weighted by molar-refractivity contribution is -0.127. The highest BCUT2D eigenvalue weighted by atomic mass is 16.3. The number of nitrogens with one attached hydrogen (secondary N) is 1. The van der Waals surface area contributed by atoms with Crippen molar-refractivity contribution < 1.29 is 9.90 Å². The summed E-state index contributed by atoms with van der Waals surface area (Å²) < 4.78 is 1.41. The van der Waals surface area contributed by atoms with E-state index in [2.05, 4.69) is 37.8 Å². The highest BCUT2D eigenvalue weighted by Gasteiger charge is 2.28. The van der Waals surface area contributed by atoms with Crippen molar-refractivity contribution in [1.82, 2.24) is 30.6 Å². The van der Waals surface area contributed by atoms with Gasteiger partial charge in [-0.25, -0.2) is 0 Å². The van der Waals surface area contributed by atoms with Crippen LogP contribution in [0.1, 0.15) is 33.1 Å². The summed E-state index contributed by atoms with van der Waals surface area (Å²) in [7, 11) is 0. The molecular formula is C16H25N7O2. The molecule has 2 N–H and O–H groups in total. The second-order valence-electron chi connectivity index (χ2n) is 6.66. The molecule has 25 heavy (non-hydrogen) atoms. The Balaban J connectivity index is 1.56. The molecule has 0 bridgehead atoms. The number of hydrogen-bond acceptors (Lipinski definition) is 7. The molecule has 2 aromatic rings. The van der Waals surface area contributed by atoms with Crippen LogP contribution in [0.25, 0.3) is 5.65 Å². The Hall–Kier alpha value is -2.29. The number of carbonyl (C=O) groups excluding carboxylic acids is 1. The minimum Gasteiger partial charge on any atom is -0.394 e. The van der Waals surface area contributed by atoms with Crippen LogP contribution in [0, 0.1) is 11.8 Å². The van der Waals surface area contributed by atoms with Gasteiger partial charge in [-0.2, -0.15) is 0 Å². The van der Waals surface area contributed by atoms with Crippen molar-refractivity contribution >= 4 is 17.4 Å². The number of carbonyl (C=O) groups is 1. The van der Waals surface area contributed by atoms with Gasteiger partial charge in [0.1, 0.15) is 0 Å². The third kappa shape index (κ3) is 3.87. The van der Waals surface area contributed by atoms with Crippen LogP contribution < -0.4 is 10.2 Å². The van der Waals surface area contributed by atoms with E-state index in [0.717, 1.165) is 38.2 Å². The molecule has 1 aliphatic heterocycles. The maximum Gasteiger partial charge on any atom is 0.223 e. The van der Waals surface area contributed by atoms with Gasteiger partial charge in [-0.15, -0.1) is 14.8 Å². The van der Waals surface area contributed by atoms with Gasteiger partial charge in [-0.05, 0) is 41.3 Å². The fourth-order valence-corrected chi connectivity index (χ4v) is 3.13. The lowest BCUT2D eigenvalue weighted by atomic mass is 9.94. The van der Waals surface area contributed by atoms with Gasteiger partial charge in [0.05, 0.1) is 12.6 Å². The molecule has 0 aromatic carbocycles. The van der Waals surface area contributed by atoms with E-state index in [4.69, 9.17) is 0 Å². The van der Waals surface area contributed by atoms with E-state index in [0.29, 0.717) is 5.65 Å². The molecule has 0 radical (unpaired) electrons. The van der Waals surface area contributed by atoms with E-state index >= 15 is 0 Å². The largest absolute Gasteiger partial charge is 0.394 e. The van der Waals surface area contributed by atoms with Crippen LogP contribution >= 0.6 is 0 Å². The van der Waals surface area contributed by atoms with E-state index in [1.54, 1.807) is 0 Å². The van der Waals surface area contributed by atoms with Crippen molar-refractivity contribution in [2.75, 3.05) is 24.6 Å². The summed E-state index contributed by atoms with van der Waals surface area (Å²) in [5, 5.41) is 28.1. The normalized spacial score (nSPS) is 18.3. The van der Waals surface area contributed by atoms with Crippen molar-refractivity contribution in [3.8, 4) is 0 Å². The number of aliphatic hydroxyl groups excluding tert-OH is 1. The minimum absolute atomic E-state index is 0.0184. The van der Waals surface area contributed by atoms with Crippen LogP contribution in [0.4, 0.5) is 5.82 Å². The first kappa shape index (κ1) is 17.5. The van der Waals surface area contributed by atoms with Crippen molar-refractivity contribution in [3.05, 3.63) is 12.1 Å². The van der Waals surface area contributed by atoms with Gasteiger partial charge in [-0.1, -0.05) is 20.3 Å². The van der Waals surface area contributed by atoms with Crippen molar-refractivity contribution in [2.45, 2.75) is 39.2 Å². The molecule has 2 aromatic heterocycles. The highest BCUT2D eigenvalue weighted by Crippen LogP contribution is 2.22. The average Bonchev–Trinajstić information content (AvgIpc) is 3.13. The van der Waals surface area contributed by atoms with E-state index in [-0.39, 0.29) is 30.4 Å². The summed E-state index contributed by atoms with van der Waals surface area (Å²) in [5.41, 5.74) is 0.609. The van der Waals surface area contributed by atoms with Gasteiger partial charge in [0, 0.05) is 19.0 Å². The number of amides is 1. The molecular weight excluding hydrogens is 322 g/mol. The van der Waals surface area contributed by atoms with E-state index < -0.39 is 0 Å².